The molecule has 0 aliphatic carbocycles. The summed E-state index contributed by atoms with van der Waals surface area (Å²) in [5, 5.41) is 4.06. The molecule has 1 aromatic heterocycles. The van der Waals surface area contributed by atoms with Gasteiger partial charge in [-0.2, -0.15) is 0 Å². The molecule has 2 rings (SSSR count). The maximum atomic E-state index is 12.0. The molecule has 4 nitrogen and oxygen atoms in total. The van der Waals surface area contributed by atoms with Crippen LogP contribution in [0.3, 0.4) is 0 Å². The molecule has 0 aliphatic heterocycles. The van der Waals surface area contributed by atoms with Gasteiger partial charge < -0.3 is 11.1 Å². The topological polar surface area (TPSA) is 68.0 Å². The molecule has 1 aromatic carbocycles. The molecule has 0 fully saturated rings. The molecule has 0 atom stereocenters. The Bertz CT molecular complexity index is 605. The maximum Gasteiger partial charge on any atom is 0.253 e. The Kier molecular flexibility index (Phi) is 4.07. The van der Waals surface area contributed by atoms with Crippen molar-refractivity contribution in [3.05, 3.63) is 44.4 Å². The number of thiazole rings is 1. The number of nitrogen functional groups attached to an aromatic ring is 1. The number of nitrogens with one attached hydrogen (secondary N) is 1. The molecule has 0 saturated heterocycles. The Morgan fingerprint density at radius 3 is 2.84 bits per heavy atom. The van der Waals surface area contributed by atoms with Gasteiger partial charge in [-0.05, 0) is 26.0 Å². The molecule has 1 amide bonds. The van der Waals surface area contributed by atoms with Gasteiger partial charge in [0.05, 0.1) is 28.5 Å². The fraction of sp³-hybridized carbons (Fsp3) is 0.231. The second-order valence-corrected chi connectivity index (χ2v) is 5.83. The summed E-state index contributed by atoms with van der Waals surface area (Å²) >= 11 is 7.46. The standard InChI is InChI=1S/C13H14ClN3OS/c1-7-8(2)19-11(17-7)6-16-13(18)9-4-3-5-10(14)12(9)15/h3-5H,6,15H2,1-2H3,(H,16,18). The summed E-state index contributed by atoms with van der Waals surface area (Å²) in [5.41, 5.74) is 7.46. The van der Waals surface area contributed by atoms with E-state index in [9.17, 15) is 4.79 Å². The highest BCUT2D eigenvalue weighted by Crippen LogP contribution is 2.22. The molecular formula is C13H14ClN3OS. The SMILES string of the molecule is Cc1nc(CNC(=O)c2cccc(Cl)c2N)sc1C. The quantitative estimate of drug-likeness (QED) is 0.856. The molecule has 0 aliphatic rings. The Labute approximate surface area is 120 Å². The first-order chi connectivity index (χ1) is 8.99. The zero-order valence-corrected chi connectivity index (χ0v) is 12.2. The zero-order valence-electron chi connectivity index (χ0n) is 10.7. The van der Waals surface area contributed by atoms with Crippen LogP contribution in [0.4, 0.5) is 5.69 Å². The van der Waals surface area contributed by atoms with E-state index in [0.29, 0.717) is 22.8 Å². The first-order valence-corrected chi connectivity index (χ1v) is 6.93. The minimum atomic E-state index is -0.245. The number of halogens is 1. The van der Waals surface area contributed by atoms with Crippen LogP contribution in [0.1, 0.15) is 25.9 Å². The number of nitrogens with two attached hydrogens (primary N) is 1. The Morgan fingerprint density at radius 1 is 1.47 bits per heavy atom. The van der Waals surface area contributed by atoms with Gasteiger partial charge in [-0.1, -0.05) is 17.7 Å². The molecule has 100 valence electrons. The molecular weight excluding hydrogens is 282 g/mol. The zero-order chi connectivity index (χ0) is 14.0. The Balaban J connectivity index is 2.07. The maximum absolute atomic E-state index is 12.0. The van der Waals surface area contributed by atoms with E-state index in [1.165, 1.54) is 0 Å². The van der Waals surface area contributed by atoms with Crippen molar-refractivity contribution in [3.63, 3.8) is 0 Å². The number of aryl methyl sites for hydroxylation is 2. The molecule has 0 bridgehead atoms. The lowest BCUT2D eigenvalue weighted by Crippen LogP contribution is -2.23. The van der Waals surface area contributed by atoms with Crippen LogP contribution >= 0.6 is 22.9 Å². The average Bonchev–Trinajstić information content (AvgIpc) is 2.69. The third kappa shape index (κ3) is 3.05. The van der Waals surface area contributed by atoms with Crippen molar-refractivity contribution in [2.24, 2.45) is 0 Å². The number of hydrogen-bond donors (Lipinski definition) is 2. The highest BCUT2D eigenvalue weighted by molar-refractivity contribution is 7.11. The molecule has 0 radical (unpaired) electrons. The first kappa shape index (κ1) is 13.8. The predicted molar refractivity (Wildman–Crippen MR) is 78.6 cm³/mol. The minimum Gasteiger partial charge on any atom is -0.397 e. The van der Waals surface area contributed by atoms with Gasteiger partial charge in [0.2, 0.25) is 0 Å². The van der Waals surface area contributed by atoms with Crippen LogP contribution in [-0.4, -0.2) is 10.9 Å². The summed E-state index contributed by atoms with van der Waals surface area (Å²) in [6.45, 7) is 4.35. The van der Waals surface area contributed by atoms with Crippen LogP contribution in [0.5, 0.6) is 0 Å². The van der Waals surface area contributed by atoms with Crippen LogP contribution < -0.4 is 11.1 Å². The molecule has 3 N–H and O–H groups in total. The third-order valence-corrected chi connectivity index (χ3v) is 4.17. The van der Waals surface area contributed by atoms with Crippen molar-refractivity contribution >= 4 is 34.5 Å². The Morgan fingerprint density at radius 2 is 2.21 bits per heavy atom. The number of rotatable bonds is 3. The number of para-hydroxylation sites is 1. The molecule has 0 saturated carbocycles. The van der Waals surface area contributed by atoms with Crippen LogP contribution in [0.25, 0.3) is 0 Å². The summed E-state index contributed by atoms with van der Waals surface area (Å²) in [6.07, 6.45) is 0. The van der Waals surface area contributed by atoms with Crippen LogP contribution in [0.2, 0.25) is 5.02 Å². The van der Waals surface area contributed by atoms with Crippen molar-refractivity contribution in [1.29, 1.82) is 0 Å². The van der Waals surface area contributed by atoms with E-state index in [4.69, 9.17) is 17.3 Å². The fourth-order valence-corrected chi connectivity index (χ4v) is 2.65. The fourth-order valence-electron chi connectivity index (χ4n) is 1.60. The van der Waals surface area contributed by atoms with Gasteiger partial charge in [-0.3, -0.25) is 4.79 Å². The van der Waals surface area contributed by atoms with Crippen LogP contribution in [-0.2, 0) is 6.54 Å². The number of carbonyl (C=O) groups excluding carboxylic acids is 1. The van der Waals surface area contributed by atoms with E-state index in [-0.39, 0.29) is 5.91 Å². The lowest BCUT2D eigenvalue weighted by Gasteiger charge is -2.07. The normalized spacial score (nSPS) is 10.5. The highest BCUT2D eigenvalue weighted by atomic mass is 35.5. The van der Waals surface area contributed by atoms with Crippen molar-refractivity contribution in [2.75, 3.05) is 5.73 Å². The van der Waals surface area contributed by atoms with Gasteiger partial charge in [0.25, 0.3) is 5.91 Å². The first-order valence-electron chi connectivity index (χ1n) is 5.74. The number of benzene rings is 1. The van der Waals surface area contributed by atoms with E-state index < -0.39 is 0 Å². The van der Waals surface area contributed by atoms with Gasteiger partial charge in [0.15, 0.2) is 0 Å². The molecule has 0 unspecified atom stereocenters. The second-order valence-electron chi connectivity index (χ2n) is 4.13. The highest BCUT2D eigenvalue weighted by Gasteiger charge is 2.12. The van der Waals surface area contributed by atoms with E-state index >= 15 is 0 Å². The number of aromatic nitrogens is 1. The number of hydrogen-bond acceptors (Lipinski definition) is 4. The Hall–Kier alpha value is -1.59. The summed E-state index contributed by atoms with van der Waals surface area (Å²) < 4.78 is 0. The summed E-state index contributed by atoms with van der Waals surface area (Å²) in [7, 11) is 0. The van der Waals surface area contributed by atoms with Crippen molar-refractivity contribution in [1.82, 2.24) is 10.3 Å². The van der Waals surface area contributed by atoms with Crippen molar-refractivity contribution in [3.8, 4) is 0 Å². The number of amides is 1. The van der Waals surface area contributed by atoms with Gasteiger partial charge in [0.1, 0.15) is 5.01 Å². The number of carbonyl (C=O) groups is 1. The predicted octanol–water partition coefficient (Wildman–Crippen LogP) is 2.93. The van der Waals surface area contributed by atoms with E-state index in [2.05, 4.69) is 10.3 Å². The lowest BCUT2D eigenvalue weighted by atomic mass is 10.1. The molecule has 19 heavy (non-hydrogen) atoms. The van der Waals surface area contributed by atoms with Gasteiger partial charge in [-0.15, -0.1) is 11.3 Å². The molecule has 0 spiro atoms. The van der Waals surface area contributed by atoms with Gasteiger partial charge >= 0.3 is 0 Å². The smallest absolute Gasteiger partial charge is 0.253 e. The molecule has 1 heterocycles. The molecule has 6 heteroatoms. The van der Waals surface area contributed by atoms with Gasteiger partial charge in [0, 0.05) is 4.88 Å². The van der Waals surface area contributed by atoms with Crippen molar-refractivity contribution < 1.29 is 4.79 Å². The second kappa shape index (κ2) is 5.59. The van der Waals surface area contributed by atoms with Crippen molar-refractivity contribution in [2.45, 2.75) is 20.4 Å². The number of nitrogens with zero attached hydrogens (tertiary/aromatic N) is 1. The van der Waals surface area contributed by atoms with E-state index in [1.807, 2.05) is 13.8 Å². The summed E-state index contributed by atoms with van der Waals surface area (Å²) in [6, 6.07) is 5.00. The van der Waals surface area contributed by atoms with Crippen LogP contribution in [0, 0.1) is 13.8 Å². The third-order valence-electron chi connectivity index (χ3n) is 2.77. The summed E-state index contributed by atoms with van der Waals surface area (Å²) in [4.78, 5) is 17.5. The van der Waals surface area contributed by atoms with E-state index in [0.717, 1.165) is 15.6 Å². The van der Waals surface area contributed by atoms with Crippen LogP contribution in [0.15, 0.2) is 18.2 Å². The van der Waals surface area contributed by atoms with Gasteiger partial charge in [-0.25, -0.2) is 4.98 Å². The van der Waals surface area contributed by atoms with E-state index in [1.54, 1.807) is 29.5 Å². The molecule has 2 aromatic rings. The number of anilines is 1. The largest absolute Gasteiger partial charge is 0.397 e. The average molecular weight is 296 g/mol. The lowest BCUT2D eigenvalue weighted by molar-refractivity contribution is 0.0951. The summed E-state index contributed by atoms with van der Waals surface area (Å²) in [5.74, 6) is -0.245. The monoisotopic (exact) mass is 295 g/mol. The minimum absolute atomic E-state index is 0.245.